The van der Waals surface area contributed by atoms with Crippen molar-refractivity contribution in [3.63, 3.8) is 0 Å². The number of pyridine rings is 1. The summed E-state index contributed by atoms with van der Waals surface area (Å²) in [5.41, 5.74) is -0.0192. The third-order valence-corrected chi connectivity index (χ3v) is 5.48. The van der Waals surface area contributed by atoms with E-state index in [9.17, 15) is 10.1 Å². The number of aromatic nitrogens is 1. The number of hydrogen-bond donors (Lipinski definition) is 1. The second kappa shape index (κ2) is 6.85. The number of nitrogens with zero attached hydrogens (tertiary/aromatic N) is 2. The van der Waals surface area contributed by atoms with Gasteiger partial charge < -0.3 is 10.1 Å². The Morgan fingerprint density at radius 1 is 1.58 bits per heavy atom. The fourth-order valence-electron chi connectivity index (χ4n) is 1.69. The molecule has 0 saturated carbocycles. The highest BCUT2D eigenvalue weighted by atomic mass is 32.2. The molecule has 104 valence electrons. The van der Waals surface area contributed by atoms with Crippen LogP contribution in [0.2, 0.25) is 0 Å². The first-order chi connectivity index (χ1) is 9.20. The quantitative estimate of drug-likeness (QED) is 0.660. The van der Waals surface area contributed by atoms with Crippen LogP contribution in [0.15, 0.2) is 12.1 Å². The van der Waals surface area contributed by atoms with Crippen LogP contribution in [-0.4, -0.2) is 46.1 Å². The van der Waals surface area contributed by atoms with Gasteiger partial charge in [-0.25, -0.2) is 0 Å². The lowest BCUT2D eigenvalue weighted by molar-refractivity contribution is -0.384. The van der Waals surface area contributed by atoms with E-state index in [0.29, 0.717) is 17.7 Å². The van der Waals surface area contributed by atoms with Gasteiger partial charge in [-0.3, -0.25) is 10.1 Å². The maximum atomic E-state index is 10.9. The molecule has 0 spiro atoms. The van der Waals surface area contributed by atoms with Crippen LogP contribution in [0.3, 0.4) is 0 Å². The zero-order valence-corrected chi connectivity index (χ0v) is 12.1. The highest BCUT2D eigenvalue weighted by Gasteiger charge is 2.19. The van der Waals surface area contributed by atoms with Crippen molar-refractivity contribution in [2.45, 2.75) is 5.25 Å². The Labute approximate surface area is 119 Å². The van der Waals surface area contributed by atoms with Gasteiger partial charge in [0.05, 0.1) is 12.0 Å². The molecule has 1 fully saturated rings. The molecule has 1 N–H and O–H groups in total. The first-order valence-electron chi connectivity index (χ1n) is 5.83. The fraction of sp³-hybridized carbons (Fsp3) is 0.545. The van der Waals surface area contributed by atoms with Crippen LogP contribution in [-0.2, 0) is 0 Å². The van der Waals surface area contributed by atoms with Gasteiger partial charge in [-0.2, -0.15) is 28.5 Å². The van der Waals surface area contributed by atoms with Gasteiger partial charge in [-0.15, -0.1) is 0 Å². The number of methoxy groups -OCH3 is 1. The number of rotatable bonds is 5. The molecule has 2 heterocycles. The van der Waals surface area contributed by atoms with E-state index in [2.05, 4.69) is 10.3 Å². The number of hydrogen-bond acceptors (Lipinski definition) is 7. The zero-order valence-electron chi connectivity index (χ0n) is 10.5. The number of nitro groups is 1. The SMILES string of the molecule is COc1ccc([N+](=O)[O-])c(NCC2CSCCS2)n1. The topological polar surface area (TPSA) is 77.3 Å². The predicted octanol–water partition coefficient (Wildman–Crippen LogP) is 2.26. The molecule has 19 heavy (non-hydrogen) atoms. The van der Waals surface area contributed by atoms with Crippen molar-refractivity contribution >= 4 is 35.0 Å². The maximum absolute atomic E-state index is 10.9. The molecule has 0 amide bonds. The Morgan fingerprint density at radius 2 is 2.42 bits per heavy atom. The highest BCUT2D eigenvalue weighted by Crippen LogP contribution is 2.27. The van der Waals surface area contributed by atoms with Gasteiger partial charge in [0.15, 0.2) is 0 Å². The van der Waals surface area contributed by atoms with Crippen LogP contribution in [0.4, 0.5) is 11.5 Å². The molecular weight excluding hydrogens is 286 g/mol. The molecule has 8 heteroatoms. The van der Waals surface area contributed by atoms with E-state index in [1.165, 1.54) is 25.0 Å². The summed E-state index contributed by atoms with van der Waals surface area (Å²) in [5.74, 6) is 4.03. The molecule has 6 nitrogen and oxygen atoms in total. The number of nitrogens with one attached hydrogen (secondary N) is 1. The molecule has 1 unspecified atom stereocenters. The lowest BCUT2D eigenvalue weighted by Gasteiger charge is -2.21. The Morgan fingerprint density at radius 3 is 3.05 bits per heavy atom. The van der Waals surface area contributed by atoms with Crippen molar-refractivity contribution < 1.29 is 9.66 Å². The second-order valence-corrected chi connectivity index (χ2v) is 6.49. The van der Waals surface area contributed by atoms with E-state index in [4.69, 9.17) is 4.74 Å². The van der Waals surface area contributed by atoms with Crippen molar-refractivity contribution in [2.24, 2.45) is 0 Å². The largest absolute Gasteiger partial charge is 0.481 e. The summed E-state index contributed by atoms with van der Waals surface area (Å²) in [5, 5.41) is 14.5. The summed E-state index contributed by atoms with van der Waals surface area (Å²) in [6.45, 7) is 0.679. The lowest BCUT2D eigenvalue weighted by atomic mass is 10.3. The Bertz CT molecular complexity index is 453. The predicted molar refractivity (Wildman–Crippen MR) is 79.5 cm³/mol. The van der Waals surface area contributed by atoms with Crippen LogP contribution in [0.1, 0.15) is 0 Å². The molecular formula is C11H15N3O3S2. The van der Waals surface area contributed by atoms with E-state index in [-0.39, 0.29) is 11.5 Å². The number of anilines is 1. The first kappa shape index (κ1) is 14.3. The molecule has 0 aromatic carbocycles. The van der Waals surface area contributed by atoms with E-state index < -0.39 is 4.92 Å². The Hall–Kier alpha value is -1.15. The minimum absolute atomic E-state index is 0.0192. The normalized spacial score (nSPS) is 18.9. The Kier molecular flexibility index (Phi) is 5.15. The van der Waals surface area contributed by atoms with Crippen LogP contribution >= 0.6 is 23.5 Å². The first-order valence-corrected chi connectivity index (χ1v) is 8.03. The number of ether oxygens (including phenoxy) is 1. The summed E-state index contributed by atoms with van der Waals surface area (Å²) in [7, 11) is 1.49. The summed E-state index contributed by atoms with van der Waals surface area (Å²) in [6.07, 6.45) is 0. The lowest BCUT2D eigenvalue weighted by Crippen LogP contribution is -2.23. The Balaban J connectivity index is 2.06. The molecule has 1 atom stereocenters. The molecule has 0 aliphatic carbocycles. The summed E-state index contributed by atoms with van der Waals surface area (Å²) >= 11 is 3.81. The minimum atomic E-state index is -0.433. The zero-order chi connectivity index (χ0) is 13.7. The molecule has 0 radical (unpaired) electrons. The third-order valence-electron chi connectivity index (χ3n) is 2.64. The summed E-state index contributed by atoms with van der Waals surface area (Å²) in [6, 6.07) is 2.91. The van der Waals surface area contributed by atoms with Crippen molar-refractivity contribution in [1.82, 2.24) is 4.98 Å². The van der Waals surface area contributed by atoms with E-state index in [0.717, 1.165) is 11.5 Å². The van der Waals surface area contributed by atoms with Gasteiger partial charge >= 0.3 is 5.69 Å². The summed E-state index contributed by atoms with van der Waals surface area (Å²) < 4.78 is 5.00. The van der Waals surface area contributed by atoms with E-state index in [1.54, 1.807) is 0 Å². The van der Waals surface area contributed by atoms with Crippen molar-refractivity contribution in [2.75, 3.05) is 36.2 Å². The molecule has 0 bridgehead atoms. The fourth-order valence-corrected chi connectivity index (χ4v) is 4.30. The van der Waals surface area contributed by atoms with E-state index in [1.807, 2.05) is 23.5 Å². The average Bonchev–Trinajstić information content (AvgIpc) is 2.45. The van der Waals surface area contributed by atoms with Gasteiger partial charge in [0.2, 0.25) is 11.7 Å². The molecule has 2 rings (SSSR count). The number of thioether (sulfide) groups is 2. The maximum Gasteiger partial charge on any atom is 0.311 e. The molecule has 1 aliphatic heterocycles. The standard InChI is InChI=1S/C11H15N3O3S2/c1-17-10-3-2-9(14(15)16)11(13-10)12-6-8-7-18-4-5-19-8/h2-3,8H,4-7H2,1H3,(H,12,13). The smallest absolute Gasteiger partial charge is 0.311 e. The van der Waals surface area contributed by atoms with Gasteiger partial charge in [0.1, 0.15) is 0 Å². The van der Waals surface area contributed by atoms with Crippen LogP contribution < -0.4 is 10.1 Å². The molecule has 1 saturated heterocycles. The van der Waals surface area contributed by atoms with Gasteiger partial charge in [-0.05, 0) is 0 Å². The summed E-state index contributed by atoms with van der Waals surface area (Å²) in [4.78, 5) is 14.6. The van der Waals surface area contributed by atoms with Gasteiger partial charge in [0, 0.05) is 41.2 Å². The van der Waals surface area contributed by atoms with Crippen molar-refractivity contribution in [1.29, 1.82) is 0 Å². The minimum Gasteiger partial charge on any atom is -0.481 e. The van der Waals surface area contributed by atoms with Gasteiger partial charge in [-0.1, -0.05) is 0 Å². The van der Waals surface area contributed by atoms with E-state index >= 15 is 0 Å². The van der Waals surface area contributed by atoms with Crippen molar-refractivity contribution in [3.8, 4) is 5.88 Å². The van der Waals surface area contributed by atoms with Crippen LogP contribution in [0, 0.1) is 10.1 Å². The van der Waals surface area contributed by atoms with Crippen LogP contribution in [0.5, 0.6) is 5.88 Å². The second-order valence-electron chi connectivity index (χ2n) is 3.93. The third kappa shape index (κ3) is 3.90. The van der Waals surface area contributed by atoms with Crippen molar-refractivity contribution in [3.05, 3.63) is 22.2 Å². The highest BCUT2D eigenvalue weighted by molar-refractivity contribution is 8.06. The van der Waals surface area contributed by atoms with Gasteiger partial charge in [0.25, 0.3) is 0 Å². The molecule has 1 aromatic heterocycles. The van der Waals surface area contributed by atoms with Crippen LogP contribution in [0.25, 0.3) is 0 Å². The monoisotopic (exact) mass is 301 g/mol. The molecule has 1 aliphatic rings. The average molecular weight is 301 g/mol. The molecule has 1 aromatic rings.